The number of methoxy groups -OCH3 is 1. The Balaban J connectivity index is 1.96. The average Bonchev–Trinajstić information content (AvgIpc) is 3.16. The SMILES string of the molecule is COc1ccc(CN(C2N=CCS2)S(=O)(=O)c2ccc(N)c(O)c2)cc1. The van der Waals surface area contributed by atoms with E-state index in [0.717, 1.165) is 11.6 Å². The minimum absolute atomic E-state index is 0.0274. The van der Waals surface area contributed by atoms with E-state index < -0.39 is 15.5 Å². The van der Waals surface area contributed by atoms with Crippen LogP contribution in [0.15, 0.2) is 52.4 Å². The molecule has 1 unspecified atom stereocenters. The third kappa shape index (κ3) is 3.79. The van der Waals surface area contributed by atoms with Gasteiger partial charge >= 0.3 is 0 Å². The normalized spacial score (nSPS) is 16.9. The van der Waals surface area contributed by atoms with Gasteiger partial charge in [0, 0.05) is 24.6 Å². The molecular weight excluding hydrogens is 374 g/mol. The maximum Gasteiger partial charge on any atom is 0.246 e. The molecule has 0 bridgehead atoms. The Morgan fingerprint density at radius 3 is 2.62 bits per heavy atom. The standard InChI is InChI=1S/C17H19N3O4S2/c1-24-13-4-2-12(3-5-13)11-20(17-19-8-9-25-17)26(22,23)14-6-7-15(18)16(21)10-14/h2-8,10,17,21H,9,11,18H2,1H3. The highest BCUT2D eigenvalue weighted by Gasteiger charge is 2.33. The van der Waals surface area contributed by atoms with E-state index in [1.165, 1.54) is 28.2 Å². The lowest BCUT2D eigenvalue weighted by molar-refractivity contribution is 0.394. The largest absolute Gasteiger partial charge is 0.506 e. The Morgan fingerprint density at radius 2 is 2.04 bits per heavy atom. The maximum absolute atomic E-state index is 13.2. The van der Waals surface area contributed by atoms with Crippen LogP contribution >= 0.6 is 11.8 Å². The number of nitrogens with two attached hydrogens (primary N) is 1. The van der Waals surface area contributed by atoms with E-state index in [0.29, 0.717) is 11.5 Å². The van der Waals surface area contributed by atoms with Crippen molar-refractivity contribution in [2.45, 2.75) is 16.9 Å². The molecule has 1 heterocycles. The van der Waals surface area contributed by atoms with Gasteiger partial charge in [0.15, 0.2) is 5.50 Å². The Hall–Kier alpha value is -2.23. The van der Waals surface area contributed by atoms with E-state index in [1.54, 1.807) is 25.5 Å². The molecule has 1 atom stereocenters. The van der Waals surface area contributed by atoms with Crippen molar-refractivity contribution >= 4 is 33.7 Å². The molecule has 2 aromatic carbocycles. The average molecular weight is 393 g/mol. The molecule has 0 saturated heterocycles. The number of aromatic hydroxyl groups is 1. The van der Waals surface area contributed by atoms with Crippen molar-refractivity contribution in [3.05, 3.63) is 48.0 Å². The zero-order valence-electron chi connectivity index (χ0n) is 14.1. The van der Waals surface area contributed by atoms with Crippen molar-refractivity contribution in [2.24, 2.45) is 4.99 Å². The summed E-state index contributed by atoms with van der Waals surface area (Å²) in [5.74, 6) is 1.07. The van der Waals surface area contributed by atoms with Crippen molar-refractivity contribution in [3.63, 3.8) is 0 Å². The van der Waals surface area contributed by atoms with Crippen LogP contribution in [0.1, 0.15) is 5.56 Å². The van der Waals surface area contributed by atoms with Gasteiger partial charge in [-0.15, -0.1) is 11.8 Å². The number of thioether (sulfide) groups is 1. The fourth-order valence-electron chi connectivity index (χ4n) is 2.47. The fourth-order valence-corrected chi connectivity index (χ4v) is 5.14. The van der Waals surface area contributed by atoms with Gasteiger partial charge in [-0.25, -0.2) is 8.42 Å². The van der Waals surface area contributed by atoms with Crippen LogP contribution in [0, 0.1) is 0 Å². The molecule has 0 fully saturated rings. The molecule has 0 aliphatic carbocycles. The number of nitrogen functional groups attached to an aromatic ring is 1. The number of benzene rings is 2. The molecule has 3 rings (SSSR count). The Kier molecular flexibility index (Phi) is 5.40. The minimum atomic E-state index is -3.89. The first-order chi connectivity index (χ1) is 12.4. The highest BCUT2D eigenvalue weighted by molar-refractivity contribution is 8.01. The molecule has 7 nitrogen and oxygen atoms in total. The Labute approximate surface area is 156 Å². The number of nitrogens with zero attached hydrogens (tertiary/aromatic N) is 2. The number of rotatable bonds is 6. The lowest BCUT2D eigenvalue weighted by Gasteiger charge is -2.26. The van der Waals surface area contributed by atoms with Gasteiger partial charge in [-0.2, -0.15) is 4.31 Å². The molecular formula is C17H19N3O4S2. The van der Waals surface area contributed by atoms with Gasteiger partial charge in [0.05, 0.1) is 17.7 Å². The summed E-state index contributed by atoms with van der Waals surface area (Å²) in [6.45, 7) is 0.145. The summed E-state index contributed by atoms with van der Waals surface area (Å²) in [6.07, 6.45) is 1.70. The highest BCUT2D eigenvalue weighted by Crippen LogP contribution is 2.32. The molecule has 0 amide bonds. The second-order valence-corrected chi connectivity index (χ2v) is 8.59. The number of phenolic OH excluding ortho intramolecular Hbond substituents is 1. The fraction of sp³-hybridized carbons (Fsp3) is 0.235. The van der Waals surface area contributed by atoms with E-state index >= 15 is 0 Å². The first-order valence-electron chi connectivity index (χ1n) is 7.78. The van der Waals surface area contributed by atoms with Crippen LogP contribution in [-0.4, -0.2) is 42.4 Å². The molecule has 0 radical (unpaired) electrons. The van der Waals surface area contributed by atoms with E-state index in [1.807, 2.05) is 12.1 Å². The zero-order chi connectivity index (χ0) is 18.7. The van der Waals surface area contributed by atoms with Crippen molar-refractivity contribution < 1.29 is 18.3 Å². The van der Waals surface area contributed by atoms with Crippen LogP contribution in [0.3, 0.4) is 0 Å². The van der Waals surface area contributed by atoms with Gasteiger partial charge in [0.2, 0.25) is 10.0 Å². The minimum Gasteiger partial charge on any atom is -0.506 e. The molecule has 0 saturated carbocycles. The van der Waals surface area contributed by atoms with Crippen LogP contribution in [0.2, 0.25) is 0 Å². The highest BCUT2D eigenvalue weighted by atomic mass is 32.2. The molecule has 1 aliphatic heterocycles. The summed E-state index contributed by atoms with van der Waals surface area (Å²) in [4.78, 5) is 4.24. The number of sulfonamides is 1. The summed E-state index contributed by atoms with van der Waals surface area (Å²) in [5, 5.41) is 9.80. The van der Waals surface area contributed by atoms with E-state index in [-0.39, 0.29) is 22.9 Å². The van der Waals surface area contributed by atoms with Crippen LogP contribution in [0.5, 0.6) is 11.5 Å². The van der Waals surface area contributed by atoms with Gasteiger partial charge in [-0.05, 0) is 29.8 Å². The van der Waals surface area contributed by atoms with E-state index in [2.05, 4.69) is 4.99 Å². The van der Waals surface area contributed by atoms with Crippen LogP contribution in [0.25, 0.3) is 0 Å². The lowest BCUT2D eigenvalue weighted by Crippen LogP contribution is -2.36. The first kappa shape index (κ1) is 18.6. The number of aliphatic imine (C=N–C) groups is 1. The van der Waals surface area contributed by atoms with Crippen LogP contribution in [-0.2, 0) is 16.6 Å². The topological polar surface area (TPSA) is 105 Å². The van der Waals surface area contributed by atoms with E-state index in [9.17, 15) is 13.5 Å². The molecule has 1 aliphatic rings. The van der Waals surface area contributed by atoms with Crippen molar-refractivity contribution in [3.8, 4) is 11.5 Å². The number of phenols is 1. The summed E-state index contributed by atoms with van der Waals surface area (Å²) in [6, 6.07) is 11.1. The van der Waals surface area contributed by atoms with Crippen LogP contribution < -0.4 is 10.5 Å². The molecule has 9 heteroatoms. The second-order valence-electron chi connectivity index (χ2n) is 5.61. The van der Waals surface area contributed by atoms with Crippen molar-refractivity contribution in [2.75, 3.05) is 18.6 Å². The molecule has 26 heavy (non-hydrogen) atoms. The third-order valence-corrected chi connectivity index (χ3v) is 6.85. The van der Waals surface area contributed by atoms with Crippen molar-refractivity contribution in [1.82, 2.24) is 4.31 Å². The number of hydrogen-bond acceptors (Lipinski definition) is 7. The predicted octanol–water partition coefficient (Wildman–Crippen LogP) is 2.28. The first-order valence-corrected chi connectivity index (χ1v) is 10.3. The summed E-state index contributed by atoms with van der Waals surface area (Å²) in [5.41, 5.74) is 5.96. The Bertz CT molecular complexity index is 914. The second kappa shape index (κ2) is 7.56. The van der Waals surface area contributed by atoms with Crippen molar-refractivity contribution in [1.29, 1.82) is 0 Å². The molecule has 3 N–H and O–H groups in total. The third-order valence-electron chi connectivity index (χ3n) is 3.91. The monoisotopic (exact) mass is 393 g/mol. The molecule has 2 aromatic rings. The Morgan fingerprint density at radius 1 is 1.31 bits per heavy atom. The van der Waals surface area contributed by atoms with Gasteiger partial charge in [-0.1, -0.05) is 12.1 Å². The molecule has 0 aromatic heterocycles. The quantitative estimate of drug-likeness (QED) is 0.576. The maximum atomic E-state index is 13.2. The number of ether oxygens (including phenoxy) is 1. The van der Waals surface area contributed by atoms with Gasteiger partial charge in [0.25, 0.3) is 0 Å². The number of hydrogen-bond donors (Lipinski definition) is 2. The predicted molar refractivity (Wildman–Crippen MR) is 103 cm³/mol. The summed E-state index contributed by atoms with van der Waals surface area (Å²) >= 11 is 1.42. The smallest absolute Gasteiger partial charge is 0.246 e. The van der Waals surface area contributed by atoms with Gasteiger partial charge in [0.1, 0.15) is 11.5 Å². The van der Waals surface area contributed by atoms with Crippen LogP contribution in [0.4, 0.5) is 5.69 Å². The van der Waals surface area contributed by atoms with Gasteiger partial charge < -0.3 is 15.6 Å². The lowest BCUT2D eigenvalue weighted by atomic mass is 10.2. The zero-order valence-corrected chi connectivity index (χ0v) is 15.7. The van der Waals surface area contributed by atoms with Gasteiger partial charge in [-0.3, -0.25) is 4.99 Å². The molecule has 0 spiro atoms. The molecule has 138 valence electrons. The summed E-state index contributed by atoms with van der Waals surface area (Å²) in [7, 11) is -2.31. The van der Waals surface area contributed by atoms with E-state index in [4.69, 9.17) is 10.5 Å². The number of anilines is 1. The summed E-state index contributed by atoms with van der Waals surface area (Å²) < 4.78 is 32.8.